The molecule has 1 aromatic rings. The van der Waals surface area contributed by atoms with Crippen molar-refractivity contribution < 1.29 is 14.3 Å². The van der Waals surface area contributed by atoms with Gasteiger partial charge in [-0.25, -0.2) is 4.79 Å². The number of rotatable bonds is 3. The number of methoxy groups -OCH3 is 1. The minimum absolute atomic E-state index is 0.131. The summed E-state index contributed by atoms with van der Waals surface area (Å²) < 4.78 is 4.66. The molecule has 0 unspecified atom stereocenters. The second-order valence-corrected chi connectivity index (χ2v) is 3.44. The number of amides is 1. The summed E-state index contributed by atoms with van der Waals surface area (Å²) in [5, 5.41) is 2.66. The molecule has 0 fully saturated rings. The first-order valence-electron chi connectivity index (χ1n) is 6.07. The fraction of sp³-hybridized carbons (Fsp3) is 0.429. The molecule has 1 aromatic carbocycles. The van der Waals surface area contributed by atoms with Gasteiger partial charge in [-0.2, -0.15) is 0 Å². The number of benzene rings is 1. The van der Waals surface area contributed by atoms with Gasteiger partial charge >= 0.3 is 5.97 Å². The molecule has 0 aliphatic heterocycles. The second kappa shape index (κ2) is 8.28. The van der Waals surface area contributed by atoms with Gasteiger partial charge in [-0.15, -0.1) is 0 Å². The minimum atomic E-state index is -0.449. The normalized spacial score (nSPS) is 8.94. The zero-order chi connectivity index (χ0) is 14.1. The third kappa shape index (κ3) is 4.57. The molecule has 100 valence electrons. The van der Waals surface area contributed by atoms with Crippen molar-refractivity contribution in [2.24, 2.45) is 0 Å². The molecule has 0 radical (unpaired) electrons. The predicted octanol–water partition coefficient (Wildman–Crippen LogP) is 3.16. The summed E-state index contributed by atoms with van der Waals surface area (Å²) in [5.74, 6) is -0.580. The number of aryl methyl sites for hydroxylation is 1. The van der Waals surface area contributed by atoms with Gasteiger partial charge in [0.2, 0.25) is 5.91 Å². The van der Waals surface area contributed by atoms with Crippen LogP contribution in [0.2, 0.25) is 0 Å². The first-order chi connectivity index (χ1) is 8.58. The van der Waals surface area contributed by atoms with Crippen LogP contribution in [0.4, 0.5) is 5.69 Å². The first kappa shape index (κ1) is 16.2. The quantitative estimate of drug-likeness (QED) is 0.839. The Bertz CT molecular complexity index is 414. The monoisotopic (exact) mass is 251 g/mol. The van der Waals surface area contributed by atoms with Crippen molar-refractivity contribution in [2.45, 2.75) is 34.1 Å². The molecule has 1 rings (SSSR count). The molecular formula is C14H21NO3. The molecule has 0 saturated heterocycles. The zero-order valence-electron chi connectivity index (χ0n) is 11.7. The molecule has 1 amide bonds. The van der Waals surface area contributed by atoms with Gasteiger partial charge in [-0.1, -0.05) is 32.4 Å². The lowest BCUT2D eigenvalue weighted by Crippen LogP contribution is -2.14. The molecule has 0 saturated carbocycles. The van der Waals surface area contributed by atoms with E-state index in [1.165, 1.54) is 7.11 Å². The number of ether oxygens (including phenoxy) is 1. The Morgan fingerprint density at radius 1 is 1.28 bits per heavy atom. The van der Waals surface area contributed by atoms with Gasteiger partial charge < -0.3 is 10.1 Å². The highest BCUT2D eigenvalue weighted by Gasteiger charge is 2.13. The Balaban J connectivity index is 0.00000137. The van der Waals surface area contributed by atoms with Gasteiger partial charge in [0, 0.05) is 6.42 Å². The van der Waals surface area contributed by atoms with E-state index in [1.54, 1.807) is 19.1 Å². The Morgan fingerprint density at radius 2 is 1.89 bits per heavy atom. The lowest BCUT2D eigenvalue weighted by molar-refractivity contribution is -0.115. The molecule has 4 nitrogen and oxygen atoms in total. The van der Waals surface area contributed by atoms with Crippen molar-refractivity contribution in [3.63, 3.8) is 0 Å². The fourth-order valence-corrected chi connectivity index (χ4v) is 1.28. The van der Waals surface area contributed by atoms with Crippen LogP contribution in [-0.2, 0) is 9.53 Å². The van der Waals surface area contributed by atoms with E-state index >= 15 is 0 Å². The predicted molar refractivity (Wildman–Crippen MR) is 72.8 cm³/mol. The van der Waals surface area contributed by atoms with Crippen molar-refractivity contribution in [1.82, 2.24) is 0 Å². The number of carbonyl (C=O) groups is 2. The topological polar surface area (TPSA) is 55.4 Å². The molecule has 0 spiro atoms. The molecule has 18 heavy (non-hydrogen) atoms. The molecule has 0 aliphatic rings. The van der Waals surface area contributed by atoms with Crippen LogP contribution in [-0.4, -0.2) is 19.0 Å². The lowest BCUT2D eigenvalue weighted by Gasteiger charge is -2.09. The highest BCUT2D eigenvalue weighted by atomic mass is 16.5. The van der Waals surface area contributed by atoms with Crippen molar-refractivity contribution in [1.29, 1.82) is 0 Å². The Morgan fingerprint density at radius 3 is 2.39 bits per heavy atom. The van der Waals surface area contributed by atoms with E-state index in [2.05, 4.69) is 10.1 Å². The zero-order valence-corrected chi connectivity index (χ0v) is 11.7. The highest BCUT2D eigenvalue weighted by molar-refractivity contribution is 6.01. The molecule has 0 aliphatic carbocycles. The van der Waals surface area contributed by atoms with Gasteiger partial charge in [0.25, 0.3) is 0 Å². The van der Waals surface area contributed by atoms with Crippen molar-refractivity contribution in [3.05, 3.63) is 29.3 Å². The van der Waals surface area contributed by atoms with Crippen molar-refractivity contribution in [2.75, 3.05) is 12.4 Å². The smallest absolute Gasteiger partial charge is 0.339 e. The summed E-state index contributed by atoms with van der Waals surface area (Å²) in [6.45, 7) is 7.62. The molecule has 1 N–H and O–H groups in total. The van der Waals surface area contributed by atoms with E-state index in [1.807, 2.05) is 26.8 Å². The summed E-state index contributed by atoms with van der Waals surface area (Å²) in [6, 6.07) is 5.23. The maximum absolute atomic E-state index is 11.5. The van der Waals surface area contributed by atoms with Gasteiger partial charge in [-0.05, 0) is 19.1 Å². The number of esters is 1. The van der Waals surface area contributed by atoms with Gasteiger partial charge in [0.1, 0.15) is 0 Å². The number of hydrogen-bond donors (Lipinski definition) is 1. The molecular weight excluding hydrogens is 230 g/mol. The summed E-state index contributed by atoms with van der Waals surface area (Å²) in [4.78, 5) is 22.7. The second-order valence-electron chi connectivity index (χ2n) is 3.44. The van der Waals surface area contributed by atoms with Gasteiger partial charge in [0.05, 0.1) is 18.4 Å². The van der Waals surface area contributed by atoms with E-state index in [4.69, 9.17) is 0 Å². The molecule has 4 heteroatoms. The van der Waals surface area contributed by atoms with E-state index < -0.39 is 5.97 Å². The third-order valence-electron chi connectivity index (χ3n) is 2.18. The standard InChI is InChI=1S/C12H15NO3.C2H6/c1-4-11(14)13-10-6-5-8(2)7-9(10)12(15)16-3;1-2/h5-7H,4H2,1-3H3,(H,13,14);1-2H3. The summed E-state index contributed by atoms with van der Waals surface area (Å²) >= 11 is 0. The third-order valence-corrected chi connectivity index (χ3v) is 2.18. The Kier molecular flexibility index (Phi) is 7.43. The maximum Gasteiger partial charge on any atom is 0.339 e. The molecule has 0 atom stereocenters. The van der Waals surface area contributed by atoms with Crippen LogP contribution in [0.25, 0.3) is 0 Å². The number of anilines is 1. The summed E-state index contributed by atoms with van der Waals surface area (Å²) in [5.41, 5.74) is 1.81. The van der Waals surface area contributed by atoms with Crippen LogP contribution in [0.5, 0.6) is 0 Å². The Labute approximate surface area is 108 Å². The van der Waals surface area contributed by atoms with Crippen LogP contribution >= 0.6 is 0 Å². The molecule has 0 bridgehead atoms. The SMILES string of the molecule is CC.CCC(=O)Nc1ccc(C)cc1C(=O)OC. The summed E-state index contributed by atoms with van der Waals surface area (Å²) in [6.07, 6.45) is 0.370. The first-order valence-corrected chi connectivity index (χ1v) is 6.07. The number of nitrogens with one attached hydrogen (secondary N) is 1. The van der Waals surface area contributed by atoms with E-state index in [9.17, 15) is 9.59 Å². The van der Waals surface area contributed by atoms with Crippen LogP contribution in [0.15, 0.2) is 18.2 Å². The van der Waals surface area contributed by atoms with E-state index in [0.29, 0.717) is 17.7 Å². The number of carbonyl (C=O) groups excluding carboxylic acids is 2. The number of hydrogen-bond acceptors (Lipinski definition) is 3. The van der Waals surface area contributed by atoms with Gasteiger partial charge in [-0.3, -0.25) is 4.79 Å². The average Bonchev–Trinajstić information content (AvgIpc) is 2.41. The highest BCUT2D eigenvalue weighted by Crippen LogP contribution is 2.18. The van der Waals surface area contributed by atoms with Crippen LogP contribution in [0, 0.1) is 6.92 Å². The van der Waals surface area contributed by atoms with Crippen molar-refractivity contribution >= 4 is 17.6 Å². The average molecular weight is 251 g/mol. The fourth-order valence-electron chi connectivity index (χ4n) is 1.28. The Hall–Kier alpha value is -1.84. The van der Waals surface area contributed by atoms with Crippen LogP contribution < -0.4 is 5.32 Å². The molecule has 0 aromatic heterocycles. The molecule has 0 heterocycles. The maximum atomic E-state index is 11.5. The van der Waals surface area contributed by atoms with Crippen molar-refractivity contribution in [3.8, 4) is 0 Å². The van der Waals surface area contributed by atoms with Gasteiger partial charge in [0.15, 0.2) is 0 Å². The lowest BCUT2D eigenvalue weighted by atomic mass is 10.1. The van der Waals surface area contributed by atoms with E-state index in [-0.39, 0.29) is 5.91 Å². The minimum Gasteiger partial charge on any atom is -0.465 e. The van der Waals surface area contributed by atoms with E-state index in [0.717, 1.165) is 5.56 Å². The van der Waals surface area contributed by atoms with Crippen LogP contribution in [0.1, 0.15) is 43.1 Å². The van der Waals surface area contributed by atoms with Crippen LogP contribution in [0.3, 0.4) is 0 Å². The largest absolute Gasteiger partial charge is 0.465 e. The summed E-state index contributed by atoms with van der Waals surface area (Å²) in [7, 11) is 1.32.